The molecule has 1 aliphatic carbocycles. The summed E-state index contributed by atoms with van der Waals surface area (Å²) in [7, 11) is 0. The maximum atomic E-state index is 3.28. The molecule has 5 aromatic carbocycles. The van der Waals surface area contributed by atoms with Crippen molar-refractivity contribution in [2.24, 2.45) is 5.92 Å². The molecule has 0 aromatic heterocycles. The largest absolute Gasteiger partial charge is 0.325 e. The fourth-order valence-corrected chi connectivity index (χ4v) is 4.92. The van der Waals surface area contributed by atoms with E-state index >= 15 is 0 Å². The molecule has 1 aliphatic rings. The van der Waals surface area contributed by atoms with Crippen molar-refractivity contribution in [3.05, 3.63) is 186 Å². The van der Waals surface area contributed by atoms with Crippen LogP contribution in [0.3, 0.4) is 0 Å². The molecule has 3 radical (unpaired) electrons. The predicted molar refractivity (Wildman–Crippen MR) is 171 cm³/mol. The molecular formula is C41H40Y3-6. The van der Waals surface area contributed by atoms with Gasteiger partial charge in [-0.25, -0.2) is 0 Å². The van der Waals surface area contributed by atoms with E-state index in [4.69, 9.17) is 0 Å². The van der Waals surface area contributed by atoms with Gasteiger partial charge in [0.2, 0.25) is 0 Å². The molecule has 0 amide bonds. The topological polar surface area (TPSA) is 0 Å². The maximum Gasteiger partial charge on any atom is 0 e. The van der Waals surface area contributed by atoms with Crippen LogP contribution in [0.15, 0.2) is 121 Å². The number of hydrogen-bond donors (Lipinski definition) is 0. The molecule has 0 bridgehead atoms. The van der Waals surface area contributed by atoms with Crippen molar-refractivity contribution in [1.82, 2.24) is 0 Å². The van der Waals surface area contributed by atoms with Gasteiger partial charge in [-0.05, 0) is 25.7 Å². The van der Waals surface area contributed by atoms with Gasteiger partial charge in [-0.1, -0.05) is 25.7 Å². The summed E-state index contributed by atoms with van der Waals surface area (Å²) in [5.74, 6) is 0.883. The Morgan fingerprint density at radius 3 is 1.02 bits per heavy atom. The SMILES string of the molecule is [Y].[Y].[Y].[c-]1ccccc1CCC1[CH-]CCC1.[c-]1ccccc1CCc1[c-]cccc1.[c-]1ccccc1CCc1[c-]cccc1. The molecule has 0 saturated heterocycles. The zero-order valence-corrected chi connectivity index (χ0v) is 34.3. The van der Waals surface area contributed by atoms with E-state index in [2.05, 4.69) is 97.4 Å². The van der Waals surface area contributed by atoms with Crippen LogP contribution in [-0.4, -0.2) is 0 Å². The normalized spacial score (nSPS) is 12.9. The van der Waals surface area contributed by atoms with Crippen LogP contribution in [0.2, 0.25) is 0 Å². The summed E-state index contributed by atoms with van der Waals surface area (Å²) in [6.45, 7) is 0. The second-order valence-electron chi connectivity index (χ2n) is 10.4. The van der Waals surface area contributed by atoms with Crippen LogP contribution in [0.1, 0.15) is 53.5 Å². The van der Waals surface area contributed by atoms with Crippen molar-refractivity contribution in [2.75, 3.05) is 0 Å². The number of aryl methyl sites for hydroxylation is 5. The summed E-state index contributed by atoms with van der Waals surface area (Å²) < 4.78 is 0. The first kappa shape index (κ1) is 41.4. The second kappa shape index (κ2) is 26.5. The van der Waals surface area contributed by atoms with Crippen molar-refractivity contribution in [3.63, 3.8) is 0 Å². The minimum atomic E-state index is 0. The van der Waals surface area contributed by atoms with Gasteiger partial charge in [0.25, 0.3) is 0 Å². The number of hydrogen-bond acceptors (Lipinski definition) is 0. The molecule has 0 aliphatic heterocycles. The summed E-state index contributed by atoms with van der Waals surface area (Å²) in [6, 6.07) is 57.0. The quantitative estimate of drug-likeness (QED) is 0.131. The van der Waals surface area contributed by atoms with E-state index in [0.717, 1.165) is 31.6 Å². The third-order valence-electron chi connectivity index (χ3n) is 7.26. The van der Waals surface area contributed by atoms with Gasteiger partial charge in [0.05, 0.1) is 0 Å². The summed E-state index contributed by atoms with van der Waals surface area (Å²) in [4.78, 5) is 0. The minimum Gasteiger partial charge on any atom is -0.325 e. The van der Waals surface area contributed by atoms with Gasteiger partial charge >= 0.3 is 0 Å². The summed E-state index contributed by atoms with van der Waals surface area (Å²) >= 11 is 0. The Kier molecular flexibility index (Phi) is 24.9. The summed E-state index contributed by atoms with van der Waals surface area (Å²) in [6.07, 6.45) is 13.3. The van der Waals surface area contributed by atoms with Gasteiger partial charge in [0.1, 0.15) is 0 Å². The van der Waals surface area contributed by atoms with Crippen LogP contribution in [-0.2, 0) is 130 Å². The zero-order chi connectivity index (χ0) is 28.2. The molecule has 0 N–H and O–H groups in total. The molecule has 6 rings (SSSR count). The fourth-order valence-electron chi connectivity index (χ4n) is 4.92. The Bertz CT molecular complexity index is 1150. The molecule has 1 unspecified atom stereocenters. The molecule has 0 nitrogen and oxygen atoms in total. The van der Waals surface area contributed by atoms with E-state index in [1.54, 1.807) is 0 Å². The Hall–Kier alpha value is -0.588. The predicted octanol–water partition coefficient (Wildman–Crippen LogP) is 9.56. The minimum absolute atomic E-state index is 0. The van der Waals surface area contributed by atoms with Crippen molar-refractivity contribution in [2.45, 2.75) is 57.8 Å². The van der Waals surface area contributed by atoms with Crippen LogP contribution < -0.4 is 0 Å². The third kappa shape index (κ3) is 17.9. The van der Waals surface area contributed by atoms with Gasteiger partial charge in [0, 0.05) is 98.1 Å². The molecular weight excluding hydrogens is 759 g/mol. The summed E-state index contributed by atoms with van der Waals surface area (Å²) in [5, 5.41) is 0. The van der Waals surface area contributed by atoms with E-state index in [1.807, 2.05) is 60.7 Å². The van der Waals surface area contributed by atoms with Gasteiger partial charge < -0.3 is 6.42 Å². The molecule has 0 heterocycles. The molecule has 5 aromatic rings. The van der Waals surface area contributed by atoms with Crippen LogP contribution in [0, 0.1) is 42.7 Å². The smallest absolute Gasteiger partial charge is 0 e. The van der Waals surface area contributed by atoms with Gasteiger partial charge in [0.15, 0.2) is 0 Å². The molecule has 1 fully saturated rings. The summed E-state index contributed by atoms with van der Waals surface area (Å²) in [5.41, 5.74) is 6.44. The first-order chi connectivity index (χ1) is 20.3. The van der Waals surface area contributed by atoms with Crippen LogP contribution in [0.4, 0.5) is 0 Å². The standard InChI is InChI=1S/2C14H12.C13H16.3Y/c2*1-3-7-13(8-4-1)11-12-14-9-5-2-6-10-14;1-2-6-12(7-3-1)10-11-13-8-4-5-9-13;;;/h2*1-7,9H,11-12H2;1-3,6,8,13H,4-5,9-11H2;;;/q3*-2;;;. The van der Waals surface area contributed by atoms with Crippen molar-refractivity contribution in [1.29, 1.82) is 0 Å². The maximum absolute atomic E-state index is 3.28. The van der Waals surface area contributed by atoms with Crippen molar-refractivity contribution >= 4 is 0 Å². The monoisotopic (exact) mass is 799 g/mol. The van der Waals surface area contributed by atoms with Gasteiger partial charge in [-0.3, -0.25) is 0 Å². The Morgan fingerprint density at radius 1 is 0.455 bits per heavy atom. The Balaban J connectivity index is 0.000000319. The second-order valence-corrected chi connectivity index (χ2v) is 10.4. The van der Waals surface area contributed by atoms with Gasteiger partial charge in [-0.2, -0.15) is 192 Å². The van der Waals surface area contributed by atoms with Crippen LogP contribution >= 0.6 is 0 Å². The molecule has 1 atom stereocenters. The molecule has 44 heavy (non-hydrogen) atoms. The zero-order valence-electron chi connectivity index (χ0n) is 25.8. The Morgan fingerprint density at radius 2 is 0.773 bits per heavy atom. The average molecular weight is 799 g/mol. The van der Waals surface area contributed by atoms with Crippen molar-refractivity contribution in [3.8, 4) is 0 Å². The first-order valence-electron chi connectivity index (χ1n) is 15.0. The van der Waals surface area contributed by atoms with Crippen LogP contribution in [0.5, 0.6) is 0 Å². The molecule has 219 valence electrons. The van der Waals surface area contributed by atoms with E-state index in [-0.39, 0.29) is 98.1 Å². The Labute approximate surface area is 343 Å². The van der Waals surface area contributed by atoms with E-state index in [1.165, 1.54) is 59.9 Å². The first-order valence-corrected chi connectivity index (χ1v) is 15.0. The number of rotatable bonds is 9. The molecule has 3 heteroatoms. The van der Waals surface area contributed by atoms with E-state index < -0.39 is 0 Å². The third-order valence-corrected chi connectivity index (χ3v) is 7.26. The fraction of sp³-hybridized carbons (Fsp3) is 0.244. The molecule has 0 spiro atoms. The van der Waals surface area contributed by atoms with E-state index in [0.29, 0.717) is 0 Å². The van der Waals surface area contributed by atoms with Gasteiger partial charge in [-0.15, -0.1) is 0 Å². The number of benzene rings is 5. The average Bonchev–Trinajstić information content (AvgIpc) is 3.59. The van der Waals surface area contributed by atoms with E-state index in [9.17, 15) is 0 Å². The van der Waals surface area contributed by atoms with Crippen LogP contribution in [0.25, 0.3) is 0 Å². The van der Waals surface area contributed by atoms with Crippen molar-refractivity contribution < 1.29 is 98.1 Å². The molecule has 1 saturated carbocycles.